The molecule has 0 bridgehead atoms. The van der Waals surface area contributed by atoms with E-state index in [-0.39, 0.29) is 0 Å². The lowest BCUT2D eigenvalue weighted by Gasteiger charge is -2.36. The van der Waals surface area contributed by atoms with Crippen LogP contribution < -0.4 is 0 Å². The summed E-state index contributed by atoms with van der Waals surface area (Å²) in [5, 5.41) is 0. The molecule has 0 heterocycles. The predicted octanol–water partition coefficient (Wildman–Crippen LogP) is 4.99. The summed E-state index contributed by atoms with van der Waals surface area (Å²) >= 11 is 0. The van der Waals surface area contributed by atoms with Crippen molar-refractivity contribution >= 4 is 0 Å². The fraction of sp³-hybridized carbons (Fsp3) is 0.778. The van der Waals surface area contributed by atoms with Crippen molar-refractivity contribution in [3.8, 4) is 0 Å². The molecule has 19 heavy (non-hydrogen) atoms. The first-order chi connectivity index (χ1) is 9.33. The first kappa shape index (κ1) is 14.8. The molecule has 0 aromatic carbocycles. The van der Waals surface area contributed by atoms with Gasteiger partial charge in [0.1, 0.15) is 0 Å². The van der Waals surface area contributed by atoms with Gasteiger partial charge in [0.25, 0.3) is 0 Å². The van der Waals surface area contributed by atoms with Crippen LogP contribution in [0.25, 0.3) is 0 Å². The molecule has 0 atom stereocenters. The molecule has 0 aromatic rings. The van der Waals surface area contributed by atoms with E-state index in [4.69, 9.17) is 4.74 Å². The van der Waals surface area contributed by atoms with Crippen LogP contribution in [0.2, 0.25) is 0 Å². The van der Waals surface area contributed by atoms with Gasteiger partial charge in [0.05, 0.1) is 6.61 Å². The van der Waals surface area contributed by atoms with Crippen LogP contribution >= 0.6 is 0 Å². The Labute approximate surface area is 119 Å². The summed E-state index contributed by atoms with van der Waals surface area (Å²) in [5.41, 5.74) is 0. The van der Waals surface area contributed by atoms with E-state index in [1.165, 1.54) is 51.4 Å². The monoisotopic (exact) mass is 262 g/mol. The zero-order valence-electron chi connectivity index (χ0n) is 12.5. The van der Waals surface area contributed by atoms with E-state index >= 15 is 0 Å². The maximum Gasteiger partial charge on any atom is 0.0643 e. The van der Waals surface area contributed by atoms with Gasteiger partial charge in [-0.25, -0.2) is 0 Å². The Kier molecular flexibility index (Phi) is 6.16. The van der Waals surface area contributed by atoms with Gasteiger partial charge in [-0.2, -0.15) is 0 Å². The average Bonchev–Trinajstić information content (AvgIpc) is 2.48. The Morgan fingerprint density at radius 3 is 1.89 bits per heavy atom. The van der Waals surface area contributed by atoms with Crippen molar-refractivity contribution in [2.24, 2.45) is 23.7 Å². The smallest absolute Gasteiger partial charge is 0.0643 e. The van der Waals surface area contributed by atoms with Gasteiger partial charge in [-0.1, -0.05) is 18.2 Å². The SMILES string of the molecule is C=C[C@H]1CC[C@H]([C@H]2CC[C@H](/C=C/COC)CC2)CC1. The molecule has 0 aliphatic heterocycles. The molecule has 0 aromatic heterocycles. The molecule has 1 heteroatoms. The fourth-order valence-electron chi connectivity index (χ4n) is 4.01. The molecule has 2 aliphatic rings. The topological polar surface area (TPSA) is 9.23 Å². The summed E-state index contributed by atoms with van der Waals surface area (Å²) in [7, 11) is 1.76. The van der Waals surface area contributed by atoms with E-state index in [9.17, 15) is 0 Å². The molecule has 2 rings (SSSR count). The van der Waals surface area contributed by atoms with Crippen molar-refractivity contribution in [3.63, 3.8) is 0 Å². The maximum atomic E-state index is 5.07. The van der Waals surface area contributed by atoms with E-state index in [1.54, 1.807) is 7.11 Å². The van der Waals surface area contributed by atoms with Crippen molar-refractivity contribution in [1.82, 2.24) is 0 Å². The largest absolute Gasteiger partial charge is 0.381 e. The Morgan fingerprint density at radius 2 is 1.42 bits per heavy atom. The summed E-state index contributed by atoms with van der Waals surface area (Å²) in [6, 6.07) is 0. The highest BCUT2D eigenvalue weighted by Gasteiger charge is 2.29. The Hall–Kier alpha value is -0.560. The van der Waals surface area contributed by atoms with Gasteiger partial charge in [0, 0.05) is 7.11 Å². The van der Waals surface area contributed by atoms with Crippen molar-refractivity contribution in [2.45, 2.75) is 51.4 Å². The molecule has 0 radical (unpaired) electrons. The van der Waals surface area contributed by atoms with Crippen LogP contribution in [0.15, 0.2) is 24.8 Å². The average molecular weight is 262 g/mol. The first-order valence-electron chi connectivity index (χ1n) is 8.11. The second-order valence-corrected chi connectivity index (χ2v) is 6.47. The summed E-state index contributed by atoms with van der Waals surface area (Å²) in [6.07, 6.45) is 18.1. The molecule has 0 saturated heterocycles. The lowest BCUT2D eigenvalue weighted by Crippen LogP contribution is -2.25. The molecule has 1 nitrogen and oxygen atoms in total. The third-order valence-electron chi connectivity index (χ3n) is 5.30. The third kappa shape index (κ3) is 4.49. The number of hydrogen-bond donors (Lipinski definition) is 0. The van der Waals surface area contributed by atoms with Gasteiger partial charge < -0.3 is 4.74 Å². The van der Waals surface area contributed by atoms with Gasteiger partial charge in [-0.3, -0.25) is 0 Å². The lowest BCUT2D eigenvalue weighted by molar-refractivity contribution is 0.166. The minimum atomic E-state index is 0.769. The second kappa shape index (κ2) is 7.89. The highest BCUT2D eigenvalue weighted by atomic mass is 16.5. The van der Waals surface area contributed by atoms with E-state index in [0.717, 1.165) is 30.3 Å². The molecule has 108 valence electrons. The van der Waals surface area contributed by atoms with Crippen LogP contribution in [0.3, 0.4) is 0 Å². The van der Waals surface area contributed by atoms with E-state index in [0.29, 0.717) is 0 Å². The number of rotatable bonds is 5. The minimum Gasteiger partial charge on any atom is -0.381 e. The van der Waals surface area contributed by atoms with E-state index < -0.39 is 0 Å². The molecule has 2 fully saturated rings. The molecule has 2 aliphatic carbocycles. The normalized spacial score (nSPS) is 36.5. The third-order valence-corrected chi connectivity index (χ3v) is 5.30. The highest BCUT2D eigenvalue weighted by molar-refractivity contribution is 4.93. The number of hydrogen-bond acceptors (Lipinski definition) is 1. The molecule has 2 saturated carbocycles. The molecule has 0 amide bonds. The van der Waals surface area contributed by atoms with Crippen molar-refractivity contribution in [1.29, 1.82) is 0 Å². The second-order valence-electron chi connectivity index (χ2n) is 6.47. The predicted molar refractivity (Wildman–Crippen MR) is 82.1 cm³/mol. The summed E-state index contributed by atoms with van der Waals surface area (Å²) in [5.74, 6) is 3.65. The van der Waals surface area contributed by atoms with Gasteiger partial charge in [-0.15, -0.1) is 6.58 Å². The highest BCUT2D eigenvalue weighted by Crippen LogP contribution is 2.41. The molecular formula is C18H30O. The molecule has 0 N–H and O–H groups in total. The van der Waals surface area contributed by atoms with Crippen molar-refractivity contribution in [2.75, 3.05) is 13.7 Å². The Bertz CT molecular complexity index is 278. The van der Waals surface area contributed by atoms with Crippen LogP contribution in [-0.4, -0.2) is 13.7 Å². The molecule has 0 unspecified atom stereocenters. The number of ether oxygens (including phenoxy) is 1. The summed E-state index contributed by atoms with van der Waals surface area (Å²) in [4.78, 5) is 0. The fourth-order valence-corrected chi connectivity index (χ4v) is 4.01. The van der Waals surface area contributed by atoms with Crippen molar-refractivity contribution < 1.29 is 4.74 Å². The number of allylic oxidation sites excluding steroid dienone is 2. The maximum absolute atomic E-state index is 5.07. The standard InChI is InChI=1S/C18H30O/c1-3-15-6-10-17(11-7-15)18-12-8-16(9-13-18)5-4-14-19-2/h3-5,15-18H,1,6-14H2,2H3/b5-4+/t15-,16-,17-,18-. The number of methoxy groups -OCH3 is 1. The molecule has 0 spiro atoms. The van der Waals surface area contributed by atoms with Crippen LogP contribution in [0.1, 0.15) is 51.4 Å². The zero-order valence-corrected chi connectivity index (χ0v) is 12.5. The van der Waals surface area contributed by atoms with Crippen LogP contribution in [0.5, 0.6) is 0 Å². The zero-order chi connectivity index (χ0) is 13.5. The first-order valence-corrected chi connectivity index (χ1v) is 8.11. The Morgan fingerprint density at radius 1 is 0.895 bits per heavy atom. The van der Waals surface area contributed by atoms with Crippen molar-refractivity contribution in [3.05, 3.63) is 24.8 Å². The van der Waals surface area contributed by atoms with E-state index in [2.05, 4.69) is 24.8 Å². The Balaban J connectivity index is 1.70. The van der Waals surface area contributed by atoms with Gasteiger partial charge >= 0.3 is 0 Å². The van der Waals surface area contributed by atoms with E-state index in [1.807, 2.05) is 0 Å². The van der Waals surface area contributed by atoms with Crippen LogP contribution in [0, 0.1) is 23.7 Å². The quantitative estimate of drug-likeness (QED) is 0.634. The van der Waals surface area contributed by atoms with Gasteiger partial charge in [0.2, 0.25) is 0 Å². The molecular weight excluding hydrogens is 232 g/mol. The van der Waals surface area contributed by atoms with Crippen LogP contribution in [0.4, 0.5) is 0 Å². The summed E-state index contributed by atoms with van der Waals surface area (Å²) in [6.45, 7) is 4.72. The summed E-state index contributed by atoms with van der Waals surface area (Å²) < 4.78 is 5.07. The lowest BCUT2D eigenvalue weighted by atomic mass is 9.69. The van der Waals surface area contributed by atoms with Gasteiger partial charge in [-0.05, 0) is 75.0 Å². The van der Waals surface area contributed by atoms with Crippen LogP contribution in [-0.2, 0) is 4.74 Å². The van der Waals surface area contributed by atoms with Gasteiger partial charge in [0.15, 0.2) is 0 Å². The minimum absolute atomic E-state index is 0.769.